The Kier molecular flexibility index (Phi) is 29.9. The summed E-state index contributed by atoms with van der Waals surface area (Å²) >= 11 is 0. The van der Waals surface area contributed by atoms with E-state index < -0.39 is 62.4 Å². The minimum atomic E-state index is -5.17. The average molecular weight is 650 g/mol. The van der Waals surface area contributed by atoms with Crippen LogP contribution in [0.5, 0.6) is 0 Å². The summed E-state index contributed by atoms with van der Waals surface area (Å²) in [6.45, 7) is 0. The average Bonchev–Trinajstić information content (AvgIpc) is 1.94. The fourth-order valence-electron chi connectivity index (χ4n) is 0. The van der Waals surface area contributed by atoms with E-state index in [1.165, 1.54) is 0 Å². The van der Waals surface area contributed by atoms with Crippen molar-refractivity contribution in [1.82, 2.24) is 0 Å². The third-order valence-corrected chi connectivity index (χ3v) is 0. The van der Waals surface area contributed by atoms with E-state index in [1.807, 2.05) is 0 Å². The van der Waals surface area contributed by atoms with Crippen LogP contribution in [-0.4, -0.2) is 105 Å². The monoisotopic (exact) mass is 649 g/mol. The van der Waals surface area contributed by atoms with Gasteiger partial charge in [-0.1, -0.05) is 0 Å². The van der Waals surface area contributed by atoms with Crippen molar-refractivity contribution in [3.05, 3.63) is 0 Å². The Morgan fingerprint density at radius 1 is 0.323 bits per heavy atom. The maximum atomic E-state index is 8.74. The Morgan fingerprint density at radius 3 is 0.323 bits per heavy atom. The SMILES string of the molecule is O=S(=O)(O)O.O=S(=O)(O)O.O=S(=O)(O)O.O=S(=O)(O)O.O=S(=O)(O)O.O=S(=O)([O-])[O-].[Cu+2]. The molecule has 0 amide bonds. The van der Waals surface area contributed by atoms with Gasteiger partial charge in [0.15, 0.2) is 0 Å². The van der Waals surface area contributed by atoms with Gasteiger partial charge in [0.25, 0.3) is 0 Å². The molecule has 0 aliphatic heterocycles. The molecule has 0 unspecified atom stereocenters. The van der Waals surface area contributed by atoms with Crippen molar-refractivity contribution < 1.29 is 122 Å². The van der Waals surface area contributed by atoms with Gasteiger partial charge in [-0.2, -0.15) is 42.1 Å². The Morgan fingerprint density at radius 2 is 0.323 bits per heavy atom. The zero-order chi connectivity index (χ0) is 27.0. The summed E-state index contributed by atoms with van der Waals surface area (Å²) in [4.78, 5) is 0. The second-order valence-electron chi connectivity index (χ2n) is 2.65. The van der Waals surface area contributed by atoms with E-state index in [0.717, 1.165) is 0 Å². The van der Waals surface area contributed by atoms with Gasteiger partial charge in [-0.05, 0) is 0 Å². The Balaban J connectivity index is -0.0000000443. The van der Waals surface area contributed by atoms with Crippen LogP contribution in [0.3, 0.4) is 0 Å². The Bertz CT molecular complexity index is 760. The smallest absolute Gasteiger partial charge is 0.759 e. The Labute approximate surface area is 184 Å². The topological polar surface area (TPSA) is 453 Å². The molecule has 201 valence electrons. The number of rotatable bonds is 0. The molecule has 0 bridgehead atoms. The van der Waals surface area contributed by atoms with Crippen LogP contribution < -0.4 is 0 Å². The maximum absolute atomic E-state index is 8.74. The summed E-state index contributed by atoms with van der Waals surface area (Å²) in [6.07, 6.45) is 0. The van der Waals surface area contributed by atoms with Crippen LogP contribution in [-0.2, 0) is 79.5 Å². The molecule has 0 atom stereocenters. The van der Waals surface area contributed by atoms with Gasteiger partial charge < -0.3 is 9.11 Å². The standard InChI is InChI=1S/Cu.6H2O4S/c;6*1-5(2,3)4/h;6*(H2,1,2,3,4)/q+2;;;;;;/p-2. The van der Waals surface area contributed by atoms with E-state index in [4.69, 9.17) is 105 Å². The van der Waals surface area contributed by atoms with Crippen molar-refractivity contribution in [2.24, 2.45) is 0 Å². The molecule has 0 heterocycles. The fourth-order valence-corrected chi connectivity index (χ4v) is 0. The Hall–Kier alpha value is -0.261. The largest absolute Gasteiger partial charge is 2.00 e. The second kappa shape index (κ2) is 19.2. The van der Waals surface area contributed by atoms with Gasteiger partial charge in [-0.15, -0.1) is 0 Å². The summed E-state index contributed by atoms with van der Waals surface area (Å²) in [6, 6.07) is 0. The molecular weight excluding hydrogens is 640 g/mol. The first-order valence-corrected chi connectivity index (χ1v) is 12.5. The summed E-state index contributed by atoms with van der Waals surface area (Å²) in [5.74, 6) is 0. The zero-order valence-corrected chi connectivity index (χ0v) is 18.8. The van der Waals surface area contributed by atoms with Gasteiger partial charge >= 0.3 is 69.1 Å². The molecule has 0 aliphatic rings. The first-order valence-electron chi connectivity index (χ1n) is 4.16. The molecule has 0 rings (SSSR count). The number of hydrogen-bond donors (Lipinski definition) is 10. The molecule has 10 N–H and O–H groups in total. The molecule has 0 aromatic carbocycles. The quantitative estimate of drug-likeness (QED) is 0.0669. The van der Waals surface area contributed by atoms with Crippen LogP contribution in [0.1, 0.15) is 0 Å². The fraction of sp³-hybridized carbons (Fsp3) is 0. The zero-order valence-electron chi connectivity index (χ0n) is 12.9. The van der Waals surface area contributed by atoms with Gasteiger partial charge in [0.2, 0.25) is 0 Å². The normalized spacial score (nSPS) is 11.2. The molecular formula is H10CuO24S6. The van der Waals surface area contributed by atoms with Gasteiger partial charge in [0.1, 0.15) is 0 Å². The van der Waals surface area contributed by atoms with Gasteiger partial charge in [0, 0.05) is 10.4 Å². The van der Waals surface area contributed by atoms with Crippen molar-refractivity contribution in [1.29, 1.82) is 0 Å². The molecule has 1 radical (unpaired) electrons. The van der Waals surface area contributed by atoms with Crippen LogP contribution in [0, 0.1) is 0 Å². The second-order valence-corrected chi connectivity index (χ2v) is 7.94. The molecule has 0 aromatic heterocycles. The van der Waals surface area contributed by atoms with Crippen molar-refractivity contribution in [2.45, 2.75) is 0 Å². The van der Waals surface area contributed by atoms with Crippen LogP contribution >= 0.6 is 0 Å². The molecule has 31 heteroatoms. The maximum Gasteiger partial charge on any atom is 2.00 e. The van der Waals surface area contributed by atoms with Crippen LogP contribution in [0.15, 0.2) is 0 Å². The first-order chi connectivity index (χ1) is 12.0. The summed E-state index contributed by atoms with van der Waals surface area (Å²) < 4.78 is 192. The van der Waals surface area contributed by atoms with E-state index in [0.29, 0.717) is 0 Å². The van der Waals surface area contributed by atoms with Crippen LogP contribution in [0.2, 0.25) is 0 Å². The van der Waals surface area contributed by atoms with Crippen molar-refractivity contribution >= 4 is 62.4 Å². The van der Waals surface area contributed by atoms with E-state index >= 15 is 0 Å². The molecule has 0 spiro atoms. The van der Waals surface area contributed by atoms with Gasteiger partial charge in [-0.3, -0.25) is 53.9 Å². The molecule has 0 saturated heterocycles. The van der Waals surface area contributed by atoms with E-state index in [9.17, 15) is 0 Å². The van der Waals surface area contributed by atoms with Crippen molar-refractivity contribution in [2.75, 3.05) is 0 Å². The van der Waals surface area contributed by atoms with E-state index in [2.05, 4.69) is 0 Å². The minimum absolute atomic E-state index is 0. The first kappa shape index (κ1) is 48.2. The van der Waals surface area contributed by atoms with Crippen LogP contribution in [0.4, 0.5) is 0 Å². The van der Waals surface area contributed by atoms with Gasteiger partial charge in [-0.25, -0.2) is 0 Å². The van der Waals surface area contributed by atoms with Crippen molar-refractivity contribution in [3.8, 4) is 0 Å². The molecule has 31 heavy (non-hydrogen) atoms. The third kappa shape index (κ3) is 337000. The number of hydrogen-bond acceptors (Lipinski definition) is 14. The molecule has 0 aliphatic carbocycles. The van der Waals surface area contributed by atoms with Crippen LogP contribution in [0.25, 0.3) is 0 Å². The van der Waals surface area contributed by atoms with Crippen molar-refractivity contribution in [3.63, 3.8) is 0 Å². The minimum Gasteiger partial charge on any atom is -0.759 e. The predicted octanol–water partition coefficient (Wildman–Crippen LogP) is -4.60. The third-order valence-electron chi connectivity index (χ3n) is 0. The molecule has 0 fully saturated rings. The van der Waals surface area contributed by atoms with E-state index in [-0.39, 0.29) is 17.1 Å². The summed E-state index contributed by atoms with van der Waals surface area (Å²) in [5.41, 5.74) is 0. The molecule has 0 saturated carbocycles. The predicted molar refractivity (Wildman–Crippen MR) is 81.4 cm³/mol. The summed E-state index contributed by atoms with van der Waals surface area (Å²) in [5, 5.41) is 0. The van der Waals surface area contributed by atoms with E-state index in [1.54, 1.807) is 0 Å². The molecule has 24 nitrogen and oxygen atoms in total. The summed E-state index contributed by atoms with van der Waals surface area (Å²) in [7, 11) is -28.5. The van der Waals surface area contributed by atoms with Gasteiger partial charge in [0.05, 0.1) is 0 Å². The molecule has 0 aromatic rings.